The first-order valence-corrected chi connectivity index (χ1v) is 8.67. The van der Waals surface area contributed by atoms with E-state index < -0.39 is 28.6 Å². The molecule has 0 aliphatic heterocycles. The van der Waals surface area contributed by atoms with E-state index >= 15 is 0 Å². The van der Waals surface area contributed by atoms with Gasteiger partial charge in [0.15, 0.2) is 0 Å². The summed E-state index contributed by atoms with van der Waals surface area (Å²) in [4.78, 5) is 6.05. The van der Waals surface area contributed by atoms with Crippen LogP contribution in [-0.2, 0) is 29.8 Å². The molecule has 0 saturated carbocycles. The fraction of sp³-hybridized carbons (Fsp3) is 0.231. The minimum Gasteiger partial charge on any atom is -0.360 e. The van der Waals surface area contributed by atoms with Crippen molar-refractivity contribution >= 4 is 32.5 Å². The molecule has 1 aromatic carbocycles. The molecule has 2 heterocycles. The normalized spacial score (nSPS) is 12.8. The Kier molecular flexibility index (Phi) is 4.25. The first-order valence-electron chi connectivity index (χ1n) is 6.81. The van der Waals surface area contributed by atoms with Crippen molar-refractivity contribution in [2.24, 2.45) is 7.05 Å². The van der Waals surface area contributed by atoms with Gasteiger partial charge in [-0.1, -0.05) is 11.6 Å². The van der Waals surface area contributed by atoms with E-state index in [9.17, 15) is 21.6 Å². The Hall–Kier alpha value is -2.11. The second-order valence-electron chi connectivity index (χ2n) is 5.14. The predicted octanol–water partition coefficient (Wildman–Crippen LogP) is 2.45. The fourth-order valence-electron chi connectivity index (χ4n) is 2.22. The zero-order chi connectivity index (χ0) is 18.4. The molecule has 2 aromatic heterocycles. The lowest BCUT2D eigenvalue weighted by atomic mass is 10.2. The topological polar surface area (TPSA) is 92.7 Å². The lowest BCUT2D eigenvalue weighted by molar-refractivity contribution is -0.145. The highest BCUT2D eigenvalue weighted by Crippen LogP contribution is 2.27. The molecule has 0 amide bonds. The van der Waals surface area contributed by atoms with Gasteiger partial charge < -0.3 is 4.98 Å². The Balaban J connectivity index is 1.86. The van der Waals surface area contributed by atoms with Crippen LogP contribution in [0.1, 0.15) is 11.6 Å². The first-order chi connectivity index (χ1) is 11.6. The van der Waals surface area contributed by atoms with Crippen LogP contribution in [0.15, 0.2) is 29.3 Å². The number of alkyl halides is 3. The van der Waals surface area contributed by atoms with Crippen molar-refractivity contribution in [3.63, 3.8) is 0 Å². The summed E-state index contributed by atoms with van der Waals surface area (Å²) in [6, 6.07) is 4.63. The van der Waals surface area contributed by atoms with Gasteiger partial charge in [-0.25, -0.2) is 18.1 Å². The molecule has 0 radical (unpaired) electrons. The zero-order valence-corrected chi connectivity index (χ0v) is 14.2. The maximum Gasteiger partial charge on any atom is 0.453 e. The van der Waals surface area contributed by atoms with Gasteiger partial charge in [0.1, 0.15) is 10.7 Å². The number of halogens is 4. The number of aromatic nitrogens is 4. The molecule has 3 rings (SSSR count). The summed E-state index contributed by atoms with van der Waals surface area (Å²) in [5, 5.41) is 4.07. The largest absolute Gasteiger partial charge is 0.453 e. The number of sulfonamides is 1. The highest BCUT2D eigenvalue weighted by molar-refractivity contribution is 7.89. The van der Waals surface area contributed by atoms with Gasteiger partial charge in [-0.3, -0.25) is 4.68 Å². The van der Waals surface area contributed by atoms with E-state index in [4.69, 9.17) is 11.6 Å². The van der Waals surface area contributed by atoms with Crippen LogP contribution in [0, 0.1) is 0 Å². The lowest BCUT2D eigenvalue weighted by Crippen LogP contribution is -2.24. The van der Waals surface area contributed by atoms with Gasteiger partial charge in [0.25, 0.3) is 5.82 Å². The predicted molar refractivity (Wildman–Crippen MR) is 83.3 cm³/mol. The minimum atomic E-state index is -4.70. The summed E-state index contributed by atoms with van der Waals surface area (Å²) < 4.78 is 65.7. The minimum absolute atomic E-state index is 0.0441. The van der Waals surface area contributed by atoms with Crippen molar-refractivity contribution in [3.8, 4) is 0 Å². The van der Waals surface area contributed by atoms with Crippen molar-refractivity contribution < 1.29 is 21.6 Å². The van der Waals surface area contributed by atoms with E-state index in [1.807, 2.05) is 0 Å². The van der Waals surface area contributed by atoms with E-state index in [1.54, 1.807) is 6.07 Å². The smallest absolute Gasteiger partial charge is 0.360 e. The maximum atomic E-state index is 12.6. The molecule has 134 valence electrons. The zero-order valence-electron chi connectivity index (χ0n) is 12.6. The van der Waals surface area contributed by atoms with E-state index in [1.165, 1.54) is 25.4 Å². The SMILES string of the molecule is Cn1nc(C(F)(F)F)nc1CNS(=O)(=O)c1c[nH]c2cc(Cl)ccc12. The van der Waals surface area contributed by atoms with Crippen molar-refractivity contribution in [2.75, 3.05) is 0 Å². The third-order valence-electron chi connectivity index (χ3n) is 3.42. The summed E-state index contributed by atoms with van der Waals surface area (Å²) in [7, 11) is -2.73. The molecule has 0 fully saturated rings. The average Bonchev–Trinajstić information content (AvgIpc) is 3.08. The Morgan fingerprint density at radius 1 is 1.36 bits per heavy atom. The molecular weight excluding hydrogens is 383 g/mol. The van der Waals surface area contributed by atoms with Gasteiger partial charge in [-0.05, 0) is 18.2 Å². The van der Waals surface area contributed by atoms with Crippen LogP contribution in [0.5, 0.6) is 0 Å². The number of hydrogen-bond acceptors (Lipinski definition) is 4. The van der Waals surface area contributed by atoms with Gasteiger partial charge in [0.2, 0.25) is 10.0 Å². The van der Waals surface area contributed by atoms with Crippen LogP contribution >= 0.6 is 11.6 Å². The van der Waals surface area contributed by atoms with Gasteiger partial charge >= 0.3 is 6.18 Å². The number of nitrogens with zero attached hydrogens (tertiary/aromatic N) is 3. The van der Waals surface area contributed by atoms with Crippen LogP contribution in [0.2, 0.25) is 5.02 Å². The number of fused-ring (bicyclic) bond motifs is 1. The monoisotopic (exact) mass is 393 g/mol. The maximum absolute atomic E-state index is 12.6. The third-order valence-corrected chi connectivity index (χ3v) is 5.10. The quantitative estimate of drug-likeness (QED) is 0.712. The molecule has 0 spiro atoms. The van der Waals surface area contributed by atoms with E-state index in [-0.39, 0.29) is 10.7 Å². The molecule has 12 heteroatoms. The number of nitrogens with one attached hydrogen (secondary N) is 2. The van der Waals surface area contributed by atoms with Crippen LogP contribution in [0.4, 0.5) is 13.2 Å². The van der Waals surface area contributed by atoms with Gasteiger partial charge in [-0.15, -0.1) is 5.10 Å². The lowest BCUT2D eigenvalue weighted by Gasteiger charge is -2.05. The van der Waals surface area contributed by atoms with Crippen LogP contribution in [-0.4, -0.2) is 28.2 Å². The van der Waals surface area contributed by atoms with Crippen LogP contribution < -0.4 is 4.72 Å². The third kappa shape index (κ3) is 3.48. The molecule has 0 unspecified atom stereocenters. The van der Waals surface area contributed by atoms with E-state index in [0.717, 1.165) is 4.68 Å². The summed E-state index contributed by atoms with van der Waals surface area (Å²) in [5.74, 6) is -1.50. The molecule has 0 aliphatic carbocycles. The average molecular weight is 394 g/mol. The molecule has 3 aromatic rings. The molecule has 25 heavy (non-hydrogen) atoms. The second kappa shape index (κ2) is 6.00. The molecule has 0 aliphatic rings. The highest BCUT2D eigenvalue weighted by atomic mass is 35.5. The summed E-state index contributed by atoms with van der Waals surface area (Å²) in [5.41, 5.74) is 0.519. The Morgan fingerprint density at radius 2 is 2.08 bits per heavy atom. The van der Waals surface area contributed by atoms with Crippen LogP contribution in [0.3, 0.4) is 0 Å². The molecule has 2 N–H and O–H groups in total. The van der Waals surface area contributed by atoms with Crippen molar-refractivity contribution in [2.45, 2.75) is 17.6 Å². The number of H-pyrrole nitrogens is 1. The molecule has 0 atom stereocenters. The molecule has 0 saturated heterocycles. The first kappa shape index (κ1) is 17.7. The summed E-state index contributed by atoms with van der Waals surface area (Å²) in [6.45, 7) is -0.442. The fourth-order valence-corrected chi connectivity index (χ4v) is 3.55. The standard InChI is InChI=1S/C13H11ClF3N5O2S/c1-22-11(20-12(21-22)13(15,16)17)6-19-25(23,24)10-5-18-9-4-7(14)2-3-8(9)10/h2-5,18-19H,6H2,1H3. The van der Waals surface area contributed by atoms with Crippen molar-refractivity contribution in [1.29, 1.82) is 0 Å². The number of rotatable bonds is 4. The van der Waals surface area contributed by atoms with Crippen LogP contribution in [0.25, 0.3) is 10.9 Å². The summed E-state index contributed by atoms with van der Waals surface area (Å²) >= 11 is 5.85. The number of benzene rings is 1. The molecular formula is C13H11ClF3N5O2S. The van der Waals surface area contributed by atoms with E-state index in [0.29, 0.717) is 15.9 Å². The Morgan fingerprint density at radius 3 is 2.72 bits per heavy atom. The number of aromatic amines is 1. The number of aryl methyl sites for hydroxylation is 1. The Bertz CT molecular complexity index is 1040. The second-order valence-corrected chi connectivity index (χ2v) is 7.31. The van der Waals surface area contributed by atoms with E-state index in [2.05, 4.69) is 19.8 Å². The molecule has 0 bridgehead atoms. The highest BCUT2D eigenvalue weighted by Gasteiger charge is 2.36. The molecule has 7 nitrogen and oxygen atoms in total. The number of hydrogen-bond donors (Lipinski definition) is 2. The van der Waals surface area contributed by atoms with Gasteiger partial charge in [-0.2, -0.15) is 13.2 Å². The van der Waals surface area contributed by atoms with Crippen molar-refractivity contribution in [1.82, 2.24) is 24.5 Å². The van der Waals surface area contributed by atoms with Gasteiger partial charge in [0.05, 0.1) is 6.54 Å². The Labute approximate surface area is 144 Å². The summed E-state index contributed by atoms with van der Waals surface area (Å²) in [6.07, 6.45) is -3.42. The van der Waals surface area contributed by atoms with Gasteiger partial charge in [0, 0.05) is 29.2 Å². The van der Waals surface area contributed by atoms with Crippen molar-refractivity contribution in [3.05, 3.63) is 41.1 Å².